The van der Waals surface area contributed by atoms with Crippen molar-refractivity contribution in [2.75, 3.05) is 17.3 Å². The van der Waals surface area contributed by atoms with Crippen LogP contribution in [0.4, 0.5) is 0 Å². The Labute approximate surface area is 186 Å². The minimum atomic E-state index is -2.93. The van der Waals surface area contributed by atoms with Crippen LogP contribution in [0.25, 0.3) is 0 Å². The summed E-state index contributed by atoms with van der Waals surface area (Å²) >= 11 is 1.21. The largest absolute Gasteiger partial charge is 0.416 e. The maximum atomic E-state index is 12.8. The lowest BCUT2D eigenvalue weighted by Crippen LogP contribution is -2.07. The van der Waals surface area contributed by atoms with Gasteiger partial charge in [0, 0.05) is 29.9 Å². The highest BCUT2D eigenvalue weighted by Crippen LogP contribution is 2.25. The van der Waals surface area contributed by atoms with E-state index in [2.05, 4.69) is 26.9 Å². The van der Waals surface area contributed by atoms with Crippen LogP contribution in [-0.4, -0.2) is 46.2 Å². The summed E-state index contributed by atoms with van der Waals surface area (Å²) in [5, 5.41) is 8.35. The van der Waals surface area contributed by atoms with Gasteiger partial charge in [0.05, 0.1) is 17.3 Å². The molecule has 0 radical (unpaired) electrons. The number of sulfone groups is 1. The first-order valence-electron chi connectivity index (χ1n) is 10.2. The van der Waals surface area contributed by atoms with Crippen molar-refractivity contribution in [1.82, 2.24) is 14.8 Å². The van der Waals surface area contributed by atoms with Gasteiger partial charge in [0.25, 0.3) is 5.22 Å². The predicted molar refractivity (Wildman–Crippen MR) is 119 cm³/mol. The Hall–Kier alpha value is -2.39. The topological polar surface area (TPSA) is 95.1 Å². The molecule has 0 N–H and O–H groups in total. The molecule has 0 aliphatic carbocycles. The van der Waals surface area contributed by atoms with Crippen molar-refractivity contribution in [3.8, 4) is 0 Å². The SMILES string of the molecule is Cc1cc(C(=O)CSc2nnc(C[C@H]3CCS(=O)(=O)C3)o2)c(C)n1Cc1ccccc1. The molecule has 1 saturated heterocycles. The number of hydrogen-bond donors (Lipinski definition) is 0. The van der Waals surface area contributed by atoms with E-state index in [1.165, 1.54) is 17.3 Å². The van der Waals surface area contributed by atoms with Crippen molar-refractivity contribution in [2.45, 2.75) is 38.5 Å². The molecule has 7 nitrogen and oxygen atoms in total. The first-order valence-corrected chi connectivity index (χ1v) is 13.0. The van der Waals surface area contributed by atoms with Crippen LogP contribution in [0.3, 0.4) is 0 Å². The fourth-order valence-electron chi connectivity index (χ4n) is 3.96. The number of hydrogen-bond acceptors (Lipinski definition) is 7. The zero-order valence-corrected chi connectivity index (χ0v) is 19.2. The molecule has 1 fully saturated rings. The van der Waals surface area contributed by atoms with Crippen LogP contribution in [0.15, 0.2) is 46.0 Å². The van der Waals surface area contributed by atoms with Gasteiger partial charge in [-0.15, -0.1) is 10.2 Å². The molecule has 3 aromatic rings. The average Bonchev–Trinajstić information content (AvgIpc) is 3.41. The molecule has 9 heteroatoms. The second-order valence-electron chi connectivity index (χ2n) is 8.00. The summed E-state index contributed by atoms with van der Waals surface area (Å²) in [7, 11) is -2.93. The molecule has 0 unspecified atom stereocenters. The third-order valence-electron chi connectivity index (χ3n) is 5.62. The molecule has 4 rings (SSSR count). The second-order valence-corrected chi connectivity index (χ2v) is 11.2. The quantitative estimate of drug-likeness (QED) is 0.376. The third-order valence-corrected chi connectivity index (χ3v) is 8.28. The molecule has 0 amide bonds. The first-order chi connectivity index (χ1) is 14.8. The molecule has 1 aliphatic rings. The molecule has 0 bridgehead atoms. The van der Waals surface area contributed by atoms with E-state index in [1.807, 2.05) is 38.1 Å². The summed E-state index contributed by atoms with van der Waals surface area (Å²) in [5.74, 6) is 1.08. The van der Waals surface area contributed by atoms with Gasteiger partial charge < -0.3 is 8.98 Å². The maximum Gasteiger partial charge on any atom is 0.277 e. The third kappa shape index (κ3) is 5.27. The van der Waals surface area contributed by atoms with E-state index in [-0.39, 0.29) is 29.0 Å². The zero-order chi connectivity index (χ0) is 22.0. The van der Waals surface area contributed by atoms with Crippen molar-refractivity contribution in [1.29, 1.82) is 0 Å². The molecular weight excluding hydrogens is 434 g/mol. The molecule has 2 aromatic heterocycles. The second kappa shape index (κ2) is 9.00. The monoisotopic (exact) mass is 459 g/mol. The summed E-state index contributed by atoms with van der Waals surface area (Å²) in [4.78, 5) is 12.8. The number of benzene rings is 1. The zero-order valence-electron chi connectivity index (χ0n) is 17.6. The van der Waals surface area contributed by atoms with Gasteiger partial charge in [0.15, 0.2) is 15.6 Å². The van der Waals surface area contributed by atoms with E-state index in [0.29, 0.717) is 29.5 Å². The lowest BCUT2D eigenvalue weighted by atomic mass is 10.1. The highest BCUT2D eigenvalue weighted by molar-refractivity contribution is 7.99. The van der Waals surface area contributed by atoms with Crippen molar-refractivity contribution < 1.29 is 17.6 Å². The maximum absolute atomic E-state index is 12.8. The van der Waals surface area contributed by atoms with Gasteiger partial charge in [-0.25, -0.2) is 8.42 Å². The smallest absolute Gasteiger partial charge is 0.277 e. The molecule has 31 heavy (non-hydrogen) atoms. The molecule has 0 spiro atoms. The Bertz CT molecular complexity index is 1180. The van der Waals surface area contributed by atoms with Gasteiger partial charge in [-0.3, -0.25) is 4.79 Å². The number of Topliss-reactive ketones (excluding diaryl/α,β-unsaturated/α-hetero) is 1. The van der Waals surface area contributed by atoms with Crippen molar-refractivity contribution in [3.05, 3.63) is 64.8 Å². The van der Waals surface area contributed by atoms with E-state index in [0.717, 1.165) is 17.9 Å². The van der Waals surface area contributed by atoms with Crippen molar-refractivity contribution in [3.63, 3.8) is 0 Å². The van der Waals surface area contributed by atoms with E-state index >= 15 is 0 Å². The summed E-state index contributed by atoms with van der Waals surface area (Å²) < 4.78 is 31.0. The lowest BCUT2D eigenvalue weighted by Gasteiger charge is -2.09. The Balaban J connectivity index is 1.36. The number of ketones is 1. The van der Waals surface area contributed by atoms with Crippen LogP contribution >= 0.6 is 11.8 Å². The lowest BCUT2D eigenvalue weighted by molar-refractivity contribution is 0.102. The van der Waals surface area contributed by atoms with Crippen LogP contribution in [0.5, 0.6) is 0 Å². The van der Waals surface area contributed by atoms with E-state index in [1.54, 1.807) is 0 Å². The summed E-state index contributed by atoms with van der Waals surface area (Å²) in [6, 6.07) is 12.1. The minimum absolute atomic E-state index is 0.0130. The predicted octanol–water partition coefficient (Wildman–Crippen LogP) is 3.49. The first kappa shape index (κ1) is 21.8. The molecule has 1 aromatic carbocycles. The molecule has 1 atom stereocenters. The summed E-state index contributed by atoms with van der Waals surface area (Å²) in [6.07, 6.45) is 1.09. The van der Waals surface area contributed by atoms with Gasteiger partial charge in [0.2, 0.25) is 5.89 Å². The fraction of sp³-hybridized carbons (Fsp3) is 0.409. The molecule has 3 heterocycles. The molecule has 1 aliphatic heterocycles. The van der Waals surface area contributed by atoms with Crippen LogP contribution in [-0.2, 0) is 22.8 Å². The Morgan fingerprint density at radius 1 is 1.23 bits per heavy atom. The number of aromatic nitrogens is 3. The standard InChI is InChI=1S/C22H25N3O4S2/c1-15-10-19(16(2)25(15)12-17-6-4-3-5-7-17)20(26)13-30-22-24-23-21(29-22)11-18-8-9-31(27,28)14-18/h3-7,10,18H,8-9,11-14H2,1-2H3/t18-/m1/s1. The number of rotatable bonds is 8. The van der Waals surface area contributed by atoms with Gasteiger partial charge in [-0.2, -0.15) is 0 Å². The number of aryl methyl sites for hydroxylation is 1. The molecule has 0 saturated carbocycles. The summed E-state index contributed by atoms with van der Waals surface area (Å²) in [6.45, 7) is 4.70. The Morgan fingerprint density at radius 3 is 2.71 bits per heavy atom. The van der Waals surface area contributed by atoms with Crippen LogP contribution in [0, 0.1) is 19.8 Å². The fourth-order valence-corrected chi connectivity index (χ4v) is 6.48. The Kier molecular flexibility index (Phi) is 6.34. The van der Waals surface area contributed by atoms with Crippen LogP contribution in [0.2, 0.25) is 0 Å². The number of carbonyl (C=O) groups is 1. The van der Waals surface area contributed by atoms with Gasteiger partial charge in [-0.05, 0) is 37.8 Å². The minimum Gasteiger partial charge on any atom is -0.416 e. The van der Waals surface area contributed by atoms with Crippen molar-refractivity contribution >= 4 is 27.4 Å². The van der Waals surface area contributed by atoms with Crippen LogP contribution < -0.4 is 0 Å². The summed E-state index contributed by atoms with van der Waals surface area (Å²) in [5.41, 5.74) is 3.88. The Morgan fingerprint density at radius 2 is 2.00 bits per heavy atom. The number of nitrogens with zero attached hydrogens (tertiary/aromatic N) is 3. The van der Waals surface area contributed by atoms with E-state index < -0.39 is 9.84 Å². The number of thioether (sulfide) groups is 1. The van der Waals surface area contributed by atoms with Crippen molar-refractivity contribution in [2.24, 2.45) is 5.92 Å². The van der Waals surface area contributed by atoms with Crippen LogP contribution in [0.1, 0.15) is 39.6 Å². The highest BCUT2D eigenvalue weighted by Gasteiger charge is 2.29. The van der Waals surface area contributed by atoms with Gasteiger partial charge >= 0.3 is 0 Å². The highest BCUT2D eigenvalue weighted by atomic mass is 32.2. The molecule has 164 valence electrons. The van der Waals surface area contributed by atoms with Gasteiger partial charge in [-0.1, -0.05) is 42.1 Å². The average molecular weight is 460 g/mol. The van der Waals surface area contributed by atoms with E-state index in [4.69, 9.17) is 4.42 Å². The van der Waals surface area contributed by atoms with E-state index in [9.17, 15) is 13.2 Å². The normalized spacial score (nSPS) is 17.8. The van der Waals surface area contributed by atoms with Gasteiger partial charge in [0.1, 0.15) is 0 Å². The number of carbonyl (C=O) groups excluding carboxylic acids is 1. The molecular formula is C22H25N3O4S2.